The van der Waals surface area contributed by atoms with E-state index < -0.39 is 6.04 Å². The van der Waals surface area contributed by atoms with Gasteiger partial charge in [0.25, 0.3) is 0 Å². The molecule has 5 heteroatoms. The second-order valence-corrected chi connectivity index (χ2v) is 5.10. The van der Waals surface area contributed by atoms with Crippen molar-refractivity contribution in [1.29, 1.82) is 0 Å². The molecule has 0 saturated heterocycles. The maximum atomic E-state index is 13.9. The molecule has 3 N–H and O–H groups in total. The van der Waals surface area contributed by atoms with Crippen molar-refractivity contribution in [1.82, 2.24) is 5.32 Å². The average Bonchev–Trinajstić information content (AvgIpc) is 2.46. The second kappa shape index (κ2) is 9.34. The normalized spacial score (nSPS) is 12.0. The largest absolute Gasteiger partial charge is 0.496 e. The highest BCUT2D eigenvalue weighted by atomic mass is 19.1. The molecule has 1 atom stereocenters. The van der Waals surface area contributed by atoms with Crippen LogP contribution in [0.2, 0.25) is 0 Å². The van der Waals surface area contributed by atoms with Gasteiger partial charge in [0.05, 0.1) is 18.7 Å². The van der Waals surface area contributed by atoms with Gasteiger partial charge in [-0.05, 0) is 38.4 Å². The molecule has 21 heavy (non-hydrogen) atoms. The summed E-state index contributed by atoms with van der Waals surface area (Å²) in [6.45, 7) is 2.45. The summed E-state index contributed by atoms with van der Waals surface area (Å²) in [5.41, 5.74) is 5.80. The number of methoxy groups -OCH3 is 1. The van der Waals surface area contributed by atoms with Gasteiger partial charge in [-0.15, -0.1) is 0 Å². The number of hydrogen-bond donors (Lipinski definition) is 2. The number of unbranched alkanes of at least 4 members (excludes halogenated alkanes) is 3. The Morgan fingerprint density at radius 1 is 1.33 bits per heavy atom. The second-order valence-electron chi connectivity index (χ2n) is 5.10. The molecule has 0 heterocycles. The van der Waals surface area contributed by atoms with Gasteiger partial charge in [0.15, 0.2) is 0 Å². The zero-order valence-corrected chi connectivity index (χ0v) is 12.8. The van der Waals surface area contributed by atoms with E-state index in [1.54, 1.807) is 19.1 Å². The number of amides is 1. The van der Waals surface area contributed by atoms with E-state index in [-0.39, 0.29) is 11.7 Å². The number of nitrogens with two attached hydrogens (primary N) is 1. The lowest BCUT2D eigenvalue weighted by Gasteiger charge is -2.18. The summed E-state index contributed by atoms with van der Waals surface area (Å²) in [4.78, 5) is 11.9. The summed E-state index contributed by atoms with van der Waals surface area (Å²) in [5, 5.41) is 2.82. The minimum absolute atomic E-state index is 0.0689. The molecule has 0 aliphatic carbocycles. The number of nitrogens with one attached hydrogen (secondary N) is 1. The Bertz CT molecular complexity index is 452. The monoisotopic (exact) mass is 296 g/mol. The van der Waals surface area contributed by atoms with E-state index in [1.807, 2.05) is 0 Å². The van der Waals surface area contributed by atoms with Crippen molar-refractivity contribution >= 4 is 5.91 Å². The molecule has 1 aromatic carbocycles. The SMILES string of the molecule is COc1cccc(F)c1C(C)NC(=O)CCCCCCN. The molecule has 1 unspecified atom stereocenters. The van der Waals surface area contributed by atoms with E-state index in [4.69, 9.17) is 10.5 Å². The Balaban J connectivity index is 2.49. The zero-order chi connectivity index (χ0) is 15.7. The van der Waals surface area contributed by atoms with Crippen LogP contribution in [-0.4, -0.2) is 19.6 Å². The molecule has 0 saturated carbocycles. The molecule has 0 bridgehead atoms. The summed E-state index contributed by atoms with van der Waals surface area (Å²) in [6.07, 6.45) is 4.30. The van der Waals surface area contributed by atoms with Crippen molar-refractivity contribution in [2.75, 3.05) is 13.7 Å². The first-order valence-electron chi connectivity index (χ1n) is 7.42. The topological polar surface area (TPSA) is 64.3 Å². The molecular weight excluding hydrogens is 271 g/mol. The first-order chi connectivity index (χ1) is 10.1. The zero-order valence-electron chi connectivity index (χ0n) is 12.8. The van der Waals surface area contributed by atoms with Crippen LogP contribution in [0.4, 0.5) is 4.39 Å². The standard InChI is InChI=1S/C16H25FN2O2/c1-12(16-13(17)8-7-9-14(16)21-2)19-15(20)10-5-3-4-6-11-18/h7-9,12H,3-6,10-11,18H2,1-2H3,(H,19,20). The molecule has 1 amide bonds. The Morgan fingerprint density at radius 2 is 2.05 bits per heavy atom. The molecule has 118 valence electrons. The molecule has 0 fully saturated rings. The number of benzene rings is 1. The third kappa shape index (κ3) is 5.71. The first kappa shape index (κ1) is 17.4. The van der Waals surface area contributed by atoms with Crippen molar-refractivity contribution in [3.63, 3.8) is 0 Å². The van der Waals surface area contributed by atoms with Gasteiger partial charge in [-0.25, -0.2) is 4.39 Å². The van der Waals surface area contributed by atoms with Crippen LogP contribution in [0.5, 0.6) is 5.75 Å². The summed E-state index contributed by atoms with van der Waals surface area (Å²) in [7, 11) is 1.49. The summed E-state index contributed by atoms with van der Waals surface area (Å²) < 4.78 is 19.0. The molecule has 0 radical (unpaired) electrons. The number of carbonyl (C=O) groups excluding carboxylic acids is 1. The van der Waals surface area contributed by atoms with Crippen molar-refractivity contribution in [3.8, 4) is 5.75 Å². The highest BCUT2D eigenvalue weighted by Crippen LogP contribution is 2.27. The fourth-order valence-electron chi connectivity index (χ4n) is 2.28. The van der Waals surface area contributed by atoms with Crippen LogP contribution in [0, 0.1) is 5.82 Å². The van der Waals surface area contributed by atoms with Gasteiger partial charge in [-0.2, -0.15) is 0 Å². The van der Waals surface area contributed by atoms with Crippen molar-refractivity contribution in [3.05, 3.63) is 29.6 Å². The van der Waals surface area contributed by atoms with Gasteiger partial charge >= 0.3 is 0 Å². The molecule has 0 spiro atoms. The van der Waals surface area contributed by atoms with Gasteiger partial charge in [0.2, 0.25) is 5.91 Å². The maximum Gasteiger partial charge on any atom is 0.220 e. The fraction of sp³-hybridized carbons (Fsp3) is 0.562. The number of rotatable bonds is 9. The lowest BCUT2D eigenvalue weighted by molar-refractivity contribution is -0.121. The van der Waals surface area contributed by atoms with E-state index >= 15 is 0 Å². The minimum Gasteiger partial charge on any atom is -0.496 e. The van der Waals surface area contributed by atoms with Crippen LogP contribution in [0.15, 0.2) is 18.2 Å². The molecule has 1 aromatic rings. The predicted octanol–water partition coefficient (Wildman–Crippen LogP) is 2.92. The van der Waals surface area contributed by atoms with Gasteiger partial charge in [-0.1, -0.05) is 18.9 Å². The van der Waals surface area contributed by atoms with E-state index in [0.29, 0.717) is 24.3 Å². The lowest BCUT2D eigenvalue weighted by atomic mass is 10.1. The summed E-state index contributed by atoms with van der Waals surface area (Å²) >= 11 is 0. The smallest absolute Gasteiger partial charge is 0.220 e. The molecule has 4 nitrogen and oxygen atoms in total. The Labute approximate surface area is 125 Å². The number of carbonyl (C=O) groups is 1. The quantitative estimate of drug-likeness (QED) is 0.689. The van der Waals surface area contributed by atoms with Crippen LogP contribution in [0.3, 0.4) is 0 Å². The van der Waals surface area contributed by atoms with E-state index in [0.717, 1.165) is 25.7 Å². The Hall–Kier alpha value is -1.62. The van der Waals surface area contributed by atoms with Gasteiger partial charge in [0.1, 0.15) is 11.6 Å². The van der Waals surface area contributed by atoms with Crippen LogP contribution >= 0.6 is 0 Å². The number of halogens is 1. The fourth-order valence-corrected chi connectivity index (χ4v) is 2.28. The molecule has 1 rings (SSSR count). The number of ether oxygens (including phenoxy) is 1. The maximum absolute atomic E-state index is 13.9. The molecular formula is C16H25FN2O2. The van der Waals surface area contributed by atoms with E-state index in [2.05, 4.69) is 5.32 Å². The van der Waals surface area contributed by atoms with Gasteiger partial charge in [0, 0.05) is 6.42 Å². The average molecular weight is 296 g/mol. The predicted molar refractivity (Wildman–Crippen MR) is 81.6 cm³/mol. The third-order valence-electron chi connectivity index (χ3n) is 3.40. The van der Waals surface area contributed by atoms with Crippen molar-refractivity contribution in [2.24, 2.45) is 5.73 Å². The minimum atomic E-state index is -0.419. The van der Waals surface area contributed by atoms with E-state index in [1.165, 1.54) is 13.2 Å². The highest BCUT2D eigenvalue weighted by Gasteiger charge is 2.17. The van der Waals surface area contributed by atoms with Crippen LogP contribution in [-0.2, 0) is 4.79 Å². The third-order valence-corrected chi connectivity index (χ3v) is 3.40. The number of hydrogen-bond acceptors (Lipinski definition) is 3. The molecule has 0 aliphatic heterocycles. The Morgan fingerprint density at radius 3 is 2.71 bits per heavy atom. The highest BCUT2D eigenvalue weighted by molar-refractivity contribution is 5.76. The summed E-state index contributed by atoms with van der Waals surface area (Å²) in [6, 6.07) is 4.22. The molecule has 0 aromatic heterocycles. The summed E-state index contributed by atoms with van der Waals surface area (Å²) in [5.74, 6) is 0.0106. The van der Waals surface area contributed by atoms with Gasteiger partial charge < -0.3 is 15.8 Å². The molecule has 0 aliphatic rings. The van der Waals surface area contributed by atoms with Crippen molar-refractivity contribution in [2.45, 2.75) is 45.1 Å². The van der Waals surface area contributed by atoms with Crippen LogP contribution in [0.1, 0.15) is 50.6 Å². The Kier molecular flexibility index (Phi) is 7.75. The van der Waals surface area contributed by atoms with Crippen LogP contribution in [0.25, 0.3) is 0 Å². The van der Waals surface area contributed by atoms with E-state index in [9.17, 15) is 9.18 Å². The van der Waals surface area contributed by atoms with Crippen molar-refractivity contribution < 1.29 is 13.9 Å². The van der Waals surface area contributed by atoms with Gasteiger partial charge in [-0.3, -0.25) is 4.79 Å². The first-order valence-corrected chi connectivity index (χ1v) is 7.42. The van der Waals surface area contributed by atoms with Crippen LogP contribution < -0.4 is 15.8 Å². The lowest BCUT2D eigenvalue weighted by Crippen LogP contribution is -2.27.